The van der Waals surface area contributed by atoms with E-state index in [9.17, 15) is 4.79 Å². The normalized spacial score (nSPS) is 10.9. The summed E-state index contributed by atoms with van der Waals surface area (Å²) in [5.41, 5.74) is 0.738. The van der Waals surface area contributed by atoms with E-state index in [0.29, 0.717) is 0 Å². The van der Waals surface area contributed by atoms with Crippen molar-refractivity contribution in [2.75, 3.05) is 7.11 Å². The Morgan fingerprint density at radius 2 is 2.07 bits per heavy atom. The monoisotopic (exact) mass is 190 g/mol. The lowest BCUT2D eigenvalue weighted by Gasteiger charge is -1.88. The van der Waals surface area contributed by atoms with Gasteiger partial charge < -0.3 is 4.74 Å². The summed E-state index contributed by atoms with van der Waals surface area (Å²) >= 11 is 0. The van der Waals surface area contributed by atoms with E-state index in [4.69, 9.17) is 0 Å². The van der Waals surface area contributed by atoms with Crippen molar-refractivity contribution in [1.29, 1.82) is 0 Å². The van der Waals surface area contributed by atoms with Crippen LogP contribution in [0.25, 0.3) is 0 Å². The van der Waals surface area contributed by atoms with Crippen molar-refractivity contribution >= 4 is 11.7 Å². The number of methoxy groups -OCH3 is 1. The SMILES string of the molecule is COC(=O)/C=C/N=Nc1ccccc1. The van der Waals surface area contributed by atoms with Crippen LogP contribution in [0.2, 0.25) is 0 Å². The second-order valence-corrected chi connectivity index (χ2v) is 2.39. The average Bonchev–Trinajstić information content (AvgIpc) is 2.25. The molecule has 1 rings (SSSR count). The van der Waals surface area contributed by atoms with Crippen molar-refractivity contribution in [3.63, 3.8) is 0 Å². The molecule has 0 unspecified atom stereocenters. The zero-order valence-electron chi connectivity index (χ0n) is 7.75. The second kappa shape index (κ2) is 5.64. The number of benzene rings is 1. The number of carbonyl (C=O) groups is 1. The van der Waals surface area contributed by atoms with Gasteiger partial charge in [0.05, 0.1) is 19.0 Å². The fourth-order valence-electron chi connectivity index (χ4n) is 0.757. The quantitative estimate of drug-likeness (QED) is 0.417. The molecule has 0 atom stereocenters. The zero-order chi connectivity index (χ0) is 10.2. The van der Waals surface area contributed by atoms with Crippen LogP contribution in [0.15, 0.2) is 52.8 Å². The Kier molecular flexibility index (Phi) is 4.07. The van der Waals surface area contributed by atoms with Gasteiger partial charge in [0, 0.05) is 6.08 Å². The number of ether oxygens (including phenoxy) is 1. The van der Waals surface area contributed by atoms with E-state index in [-0.39, 0.29) is 0 Å². The predicted octanol–water partition coefficient (Wildman–Crippen LogP) is 2.46. The summed E-state index contributed by atoms with van der Waals surface area (Å²) < 4.78 is 4.38. The Balaban J connectivity index is 2.50. The summed E-state index contributed by atoms with van der Waals surface area (Å²) in [6, 6.07) is 9.24. The van der Waals surface area contributed by atoms with E-state index < -0.39 is 5.97 Å². The van der Waals surface area contributed by atoms with Gasteiger partial charge in [-0.25, -0.2) is 4.79 Å². The molecular weight excluding hydrogens is 180 g/mol. The van der Waals surface area contributed by atoms with E-state index in [2.05, 4.69) is 15.0 Å². The molecule has 72 valence electrons. The summed E-state index contributed by atoms with van der Waals surface area (Å²) in [6.07, 6.45) is 2.49. The van der Waals surface area contributed by atoms with Gasteiger partial charge in [-0.3, -0.25) is 0 Å². The van der Waals surface area contributed by atoms with Gasteiger partial charge in [0.25, 0.3) is 0 Å². The maximum Gasteiger partial charge on any atom is 0.332 e. The standard InChI is InChI=1S/C10H10N2O2/c1-14-10(13)7-8-11-12-9-5-3-2-4-6-9/h2-8H,1H3/b8-7+,12-11?. The number of hydrogen-bond donors (Lipinski definition) is 0. The van der Waals surface area contributed by atoms with Crippen molar-refractivity contribution in [3.8, 4) is 0 Å². The number of nitrogens with zero attached hydrogens (tertiary/aromatic N) is 2. The lowest BCUT2D eigenvalue weighted by molar-refractivity contribution is -0.134. The maximum atomic E-state index is 10.6. The topological polar surface area (TPSA) is 51.0 Å². The molecule has 1 aromatic rings. The first kappa shape index (κ1) is 10.1. The van der Waals surface area contributed by atoms with E-state index in [1.165, 1.54) is 19.4 Å². The van der Waals surface area contributed by atoms with Crippen LogP contribution < -0.4 is 0 Å². The lowest BCUT2D eigenvalue weighted by atomic mass is 10.3. The Morgan fingerprint density at radius 3 is 2.71 bits per heavy atom. The first-order chi connectivity index (χ1) is 6.83. The number of rotatable bonds is 3. The second-order valence-electron chi connectivity index (χ2n) is 2.39. The molecule has 4 nitrogen and oxygen atoms in total. The smallest absolute Gasteiger partial charge is 0.332 e. The van der Waals surface area contributed by atoms with Gasteiger partial charge in [-0.1, -0.05) is 18.2 Å². The minimum absolute atomic E-state index is 0.447. The van der Waals surface area contributed by atoms with Gasteiger partial charge >= 0.3 is 5.97 Å². The molecule has 0 aliphatic rings. The molecule has 0 aromatic heterocycles. The van der Waals surface area contributed by atoms with E-state index >= 15 is 0 Å². The van der Waals surface area contributed by atoms with Crippen molar-refractivity contribution in [3.05, 3.63) is 42.6 Å². The molecule has 0 aliphatic carbocycles. The molecule has 14 heavy (non-hydrogen) atoms. The van der Waals surface area contributed by atoms with Crippen LogP contribution in [0, 0.1) is 0 Å². The number of azo groups is 1. The zero-order valence-corrected chi connectivity index (χ0v) is 7.75. The molecule has 0 saturated carbocycles. The third-order valence-corrected chi connectivity index (χ3v) is 1.41. The van der Waals surface area contributed by atoms with Crippen LogP contribution in [-0.4, -0.2) is 13.1 Å². The average molecular weight is 190 g/mol. The van der Waals surface area contributed by atoms with Gasteiger partial charge in [-0.2, -0.15) is 10.2 Å². The molecule has 0 bridgehead atoms. The lowest BCUT2D eigenvalue weighted by Crippen LogP contribution is -1.92. The highest BCUT2D eigenvalue weighted by Gasteiger charge is 1.87. The van der Waals surface area contributed by atoms with Crippen LogP contribution >= 0.6 is 0 Å². The number of hydrogen-bond acceptors (Lipinski definition) is 4. The molecule has 4 heteroatoms. The molecule has 0 amide bonds. The highest BCUT2D eigenvalue weighted by Crippen LogP contribution is 2.09. The summed E-state index contributed by atoms with van der Waals surface area (Å²) in [7, 11) is 1.31. The van der Waals surface area contributed by atoms with E-state index in [1.807, 2.05) is 30.3 Å². The van der Waals surface area contributed by atoms with Crippen LogP contribution in [-0.2, 0) is 9.53 Å². The van der Waals surface area contributed by atoms with Crippen LogP contribution in [0.3, 0.4) is 0 Å². The molecule has 0 spiro atoms. The molecular formula is C10H10N2O2. The Hall–Kier alpha value is -1.97. The Bertz CT molecular complexity index is 344. The largest absolute Gasteiger partial charge is 0.466 e. The van der Waals surface area contributed by atoms with Crippen LogP contribution in [0.4, 0.5) is 5.69 Å². The number of carbonyl (C=O) groups excluding carboxylic acids is 1. The summed E-state index contributed by atoms with van der Waals surface area (Å²) in [6.45, 7) is 0. The van der Waals surface area contributed by atoms with Crippen LogP contribution in [0.5, 0.6) is 0 Å². The summed E-state index contributed by atoms with van der Waals surface area (Å²) in [5, 5.41) is 7.52. The van der Waals surface area contributed by atoms with Crippen molar-refractivity contribution in [1.82, 2.24) is 0 Å². The van der Waals surface area contributed by atoms with E-state index in [0.717, 1.165) is 5.69 Å². The minimum Gasteiger partial charge on any atom is -0.466 e. The fraction of sp³-hybridized carbons (Fsp3) is 0.100. The first-order valence-corrected chi connectivity index (χ1v) is 4.03. The highest BCUT2D eigenvalue weighted by molar-refractivity contribution is 5.81. The minimum atomic E-state index is -0.447. The van der Waals surface area contributed by atoms with Crippen molar-refractivity contribution < 1.29 is 9.53 Å². The summed E-state index contributed by atoms with van der Waals surface area (Å²) in [4.78, 5) is 10.6. The first-order valence-electron chi connectivity index (χ1n) is 4.03. The summed E-state index contributed by atoms with van der Waals surface area (Å²) in [5.74, 6) is -0.447. The predicted molar refractivity (Wildman–Crippen MR) is 52.1 cm³/mol. The molecule has 0 heterocycles. The molecule has 0 N–H and O–H groups in total. The van der Waals surface area contributed by atoms with Crippen molar-refractivity contribution in [2.45, 2.75) is 0 Å². The Labute approximate surface area is 81.9 Å². The van der Waals surface area contributed by atoms with Crippen LogP contribution in [0.1, 0.15) is 0 Å². The highest BCUT2D eigenvalue weighted by atomic mass is 16.5. The van der Waals surface area contributed by atoms with Gasteiger partial charge in [0.15, 0.2) is 0 Å². The third kappa shape index (κ3) is 3.62. The van der Waals surface area contributed by atoms with Gasteiger partial charge in [-0.15, -0.1) is 0 Å². The number of esters is 1. The van der Waals surface area contributed by atoms with Crippen molar-refractivity contribution in [2.24, 2.45) is 10.2 Å². The van der Waals surface area contributed by atoms with Gasteiger partial charge in [-0.05, 0) is 12.1 Å². The van der Waals surface area contributed by atoms with Gasteiger partial charge in [0.1, 0.15) is 0 Å². The maximum absolute atomic E-state index is 10.6. The third-order valence-electron chi connectivity index (χ3n) is 1.41. The molecule has 0 saturated heterocycles. The molecule has 0 radical (unpaired) electrons. The van der Waals surface area contributed by atoms with E-state index in [1.54, 1.807) is 0 Å². The molecule has 0 aliphatic heterocycles. The molecule has 1 aromatic carbocycles. The molecule has 0 fully saturated rings. The fourth-order valence-corrected chi connectivity index (χ4v) is 0.757. The van der Waals surface area contributed by atoms with Gasteiger partial charge in [0.2, 0.25) is 0 Å². The Morgan fingerprint density at radius 1 is 1.36 bits per heavy atom.